The molecule has 0 saturated heterocycles. The normalized spacial score (nSPS) is 9.08. The average molecular weight is 367 g/mol. The van der Waals surface area contributed by atoms with E-state index in [1.54, 1.807) is 30.7 Å². The van der Waals surface area contributed by atoms with Crippen molar-refractivity contribution in [3.63, 3.8) is 0 Å². The molecule has 0 saturated carbocycles. The van der Waals surface area contributed by atoms with Gasteiger partial charge in [0.05, 0.1) is 16.9 Å². The van der Waals surface area contributed by atoms with Gasteiger partial charge in [0.15, 0.2) is 22.9 Å². The Morgan fingerprint density at radius 3 is 1.92 bits per heavy atom. The van der Waals surface area contributed by atoms with Crippen LogP contribution in [0.5, 0.6) is 0 Å². The highest BCUT2D eigenvalue weighted by Crippen LogP contribution is 2.20. The summed E-state index contributed by atoms with van der Waals surface area (Å²) in [6.07, 6.45) is 6.72. The summed E-state index contributed by atoms with van der Waals surface area (Å²) in [4.78, 5) is 33.3. The van der Waals surface area contributed by atoms with Gasteiger partial charge in [-0.3, -0.25) is 14.6 Å². The number of hydrogen-bond acceptors (Lipinski definition) is 8. The number of hydrogen-bond donors (Lipinski definition) is 2. The summed E-state index contributed by atoms with van der Waals surface area (Å²) in [5.74, 6) is 0. The summed E-state index contributed by atoms with van der Waals surface area (Å²) in [5, 5.41) is 0.658. The Bertz CT molecular complexity index is 800. The third-order valence-electron chi connectivity index (χ3n) is 2.37. The lowest BCUT2D eigenvalue weighted by molar-refractivity contribution is -0.122. The first-order valence-electron chi connectivity index (χ1n) is 6.26. The van der Waals surface area contributed by atoms with Gasteiger partial charge >= 0.3 is 0 Å². The van der Waals surface area contributed by atoms with Gasteiger partial charge < -0.3 is 11.5 Å². The summed E-state index contributed by atoms with van der Waals surface area (Å²) in [6.45, 7) is 0. The fourth-order valence-corrected chi connectivity index (χ4v) is 1.69. The lowest BCUT2D eigenvalue weighted by Crippen LogP contribution is -1.95. The van der Waals surface area contributed by atoms with E-state index < -0.39 is 0 Å². The summed E-state index contributed by atoms with van der Waals surface area (Å²) < 4.78 is 0. The number of nitrogens with zero attached hydrogens (tertiary/aromatic N) is 4. The fourth-order valence-electron chi connectivity index (χ4n) is 1.33. The van der Waals surface area contributed by atoms with E-state index >= 15 is 0 Å². The Balaban J connectivity index is 0.000000201. The molecule has 0 spiro atoms. The quantitative estimate of drug-likeness (QED) is 0.378. The summed E-state index contributed by atoms with van der Waals surface area (Å²) in [6, 6.07) is 3.37. The Kier molecular flexibility index (Phi) is 8.03. The van der Waals surface area contributed by atoms with Crippen molar-refractivity contribution in [3.8, 4) is 0 Å². The van der Waals surface area contributed by atoms with E-state index in [1.807, 2.05) is 0 Å². The predicted octanol–water partition coefficient (Wildman–Crippen LogP) is 1.96. The number of nitrogen functional groups attached to an aromatic ring is 2. The lowest BCUT2D eigenvalue weighted by atomic mass is 10.4. The molecule has 24 heavy (non-hydrogen) atoms. The van der Waals surface area contributed by atoms with Crippen LogP contribution < -0.4 is 11.5 Å². The third-order valence-corrected chi connectivity index (χ3v) is 2.95. The molecule has 0 amide bonds. The van der Waals surface area contributed by atoms with E-state index in [4.69, 9.17) is 44.3 Å². The number of carbonyl (C=O) groups is 2. The van der Waals surface area contributed by atoms with Crippen LogP contribution in [0.15, 0.2) is 36.9 Å². The summed E-state index contributed by atoms with van der Waals surface area (Å²) >= 11 is 11.2. The van der Waals surface area contributed by atoms with Gasteiger partial charge in [0.2, 0.25) is 0 Å². The highest BCUT2D eigenvalue weighted by molar-refractivity contribution is 6.33. The second-order valence-electron chi connectivity index (χ2n) is 3.90. The molecule has 8 nitrogen and oxygen atoms in total. The van der Waals surface area contributed by atoms with Gasteiger partial charge in [0, 0.05) is 24.8 Å². The molecule has 0 fully saturated rings. The van der Waals surface area contributed by atoms with E-state index in [9.17, 15) is 0 Å². The SMILES string of the molecule is Clc1nccc2nccnc12.Nc1ccnc(Cl)c1N.O=CC=O. The number of carbonyl (C=O) groups excluding carboxylic acids is 2. The zero-order valence-electron chi connectivity index (χ0n) is 12.1. The second-order valence-corrected chi connectivity index (χ2v) is 4.62. The first kappa shape index (κ1) is 19.2. The molecule has 0 aliphatic rings. The van der Waals surface area contributed by atoms with E-state index in [0.29, 0.717) is 22.0 Å². The molecule has 0 aliphatic heterocycles. The largest absolute Gasteiger partial charge is 0.397 e. The number of aldehydes is 2. The van der Waals surface area contributed by atoms with Crippen molar-refractivity contribution < 1.29 is 9.59 Å². The van der Waals surface area contributed by atoms with Crippen molar-refractivity contribution in [1.29, 1.82) is 0 Å². The van der Waals surface area contributed by atoms with E-state index in [-0.39, 0.29) is 17.7 Å². The molecule has 0 atom stereocenters. The molecule has 3 heterocycles. The molecular formula is C14H12Cl2N6O2. The molecule has 0 unspecified atom stereocenters. The molecule has 4 N–H and O–H groups in total. The van der Waals surface area contributed by atoms with Crippen LogP contribution in [0.1, 0.15) is 0 Å². The standard InChI is InChI=1S/C7H4ClN3.C5H6ClN3.C2H2O2/c8-7-6-5(1-2-11-7)9-3-4-10-6;6-5-4(8)3(7)1-2-9-5;3-1-2-4/h1-4H;1-2H,8H2,(H2,7,9);1-2H. The molecule has 3 aromatic rings. The Hall–Kier alpha value is -2.84. The zero-order valence-corrected chi connectivity index (χ0v) is 13.6. The minimum absolute atomic E-state index is 0.194. The number of pyridine rings is 2. The summed E-state index contributed by atoms with van der Waals surface area (Å²) in [7, 11) is 0. The maximum Gasteiger partial charge on any atom is 0.182 e. The van der Waals surface area contributed by atoms with Crippen LogP contribution in [0.2, 0.25) is 10.3 Å². The van der Waals surface area contributed by atoms with Crippen LogP contribution in [0.25, 0.3) is 11.0 Å². The van der Waals surface area contributed by atoms with Crippen molar-refractivity contribution >= 4 is 58.2 Å². The Morgan fingerprint density at radius 1 is 0.792 bits per heavy atom. The molecule has 3 rings (SSSR count). The Morgan fingerprint density at radius 2 is 1.38 bits per heavy atom. The van der Waals surface area contributed by atoms with Crippen molar-refractivity contribution in [2.45, 2.75) is 0 Å². The lowest BCUT2D eigenvalue weighted by Gasteiger charge is -1.97. The maximum absolute atomic E-state index is 8.81. The van der Waals surface area contributed by atoms with Crippen LogP contribution in [-0.4, -0.2) is 32.5 Å². The van der Waals surface area contributed by atoms with Gasteiger partial charge in [-0.2, -0.15) is 0 Å². The predicted molar refractivity (Wildman–Crippen MR) is 92.5 cm³/mol. The number of halogens is 2. The topological polar surface area (TPSA) is 138 Å². The van der Waals surface area contributed by atoms with Gasteiger partial charge in [-0.1, -0.05) is 23.2 Å². The first-order chi connectivity index (χ1) is 11.5. The van der Waals surface area contributed by atoms with Crippen LogP contribution >= 0.6 is 23.2 Å². The minimum Gasteiger partial charge on any atom is -0.397 e. The van der Waals surface area contributed by atoms with Crippen molar-refractivity contribution in [1.82, 2.24) is 19.9 Å². The van der Waals surface area contributed by atoms with Gasteiger partial charge in [-0.05, 0) is 12.1 Å². The summed E-state index contributed by atoms with van der Waals surface area (Å²) in [5.41, 5.74) is 13.0. The molecule has 124 valence electrons. The van der Waals surface area contributed by atoms with Crippen LogP contribution in [0.4, 0.5) is 11.4 Å². The van der Waals surface area contributed by atoms with E-state index in [2.05, 4.69) is 19.9 Å². The van der Waals surface area contributed by atoms with E-state index in [0.717, 1.165) is 5.52 Å². The van der Waals surface area contributed by atoms with Gasteiger partial charge in [0.25, 0.3) is 0 Å². The molecule has 0 aliphatic carbocycles. The number of nitrogens with two attached hydrogens (primary N) is 2. The molecule has 10 heteroatoms. The fraction of sp³-hybridized carbons (Fsp3) is 0. The zero-order chi connectivity index (χ0) is 17.9. The van der Waals surface area contributed by atoms with Crippen LogP contribution in [0, 0.1) is 0 Å². The van der Waals surface area contributed by atoms with Crippen molar-refractivity contribution in [3.05, 3.63) is 47.2 Å². The molecule has 0 aromatic carbocycles. The number of anilines is 2. The Labute approximate surface area is 146 Å². The highest BCUT2D eigenvalue weighted by atomic mass is 35.5. The van der Waals surface area contributed by atoms with Crippen LogP contribution in [0.3, 0.4) is 0 Å². The first-order valence-corrected chi connectivity index (χ1v) is 7.02. The van der Waals surface area contributed by atoms with Crippen molar-refractivity contribution in [2.24, 2.45) is 0 Å². The maximum atomic E-state index is 8.81. The monoisotopic (exact) mass is 366 g/mol. The third kappa shape index (κ3) is 5.75. The van der Waals surface area contributed by atoms with Gasteiger partial charge in [-0.15, -0.1) is 0 Å². The smallest absolute Gasteiger partial charge is 0.182 e. The number of fused-ring (bicyclic) bond motifs is 1. The molecule has 0 radical (unpaired) electrons. The van der Waals surface area contributed by atoms with Gasteiger partial charge in [-0.25, -0.2) is 15.0 Å². The van der Waals surface area contributed by atoms with Crippen LogP contribution in [-0.2, 0) is 9.59 Å². The highest BCUT2D eigenvalue weighted by Gasteiger charge is 1.99. The molecule has 3 aromatic heterocycles. The number of aromatic nitrogens is 4. The molecule has 0 bridgehead atoms. The molecular weight excluding hydrogens is 355 g/mol. The second kappa shape index (κ2) is 10.0. The number of rotatable bonds is 1. The minimum atomic E-state index is 0.194. The van der Waals surface area contributed by atoms with E-state index in [1.165, 1.54) is 6.20 Å². The van der Waals surface area contributed by atoms with Gasteiger partial charge in [0.1, 0.15) is 5.52 Å². The van der Waals surface area contributed by atoms with Crippen molar-refractivity contribution in [2.75, 3.05) is 11.5 Å². The average Bonchev–Trinajstić information content (AvgIpc) is 2.61.